The molecule has 1 saturated heterocycles. The van der Waals surface area contributed by atoms with E-state index in [0.29, 0.717) is 30.2 Å². The molecule has 0 spiro atoms. The predicted octanol–water partition coefficient (Wildman–Crippen LogP) is 2.87. The second kappa shape index (κ2) is 9.52. The number of pyridine rings is 1. The molecule has 1 aromatic heterocycles. The van der Waals surface area contributed by atoms with E-state index < -0.39 is 0 Å². The number of carbonyl (C=O) groups is 1. The number of aromatic nitrogens is 1. The zero-order chi connectivity index (χ0) is 21.0. The van der Waals surface area contributed by atoms with E-state index in [1.807, 2.05) is 6.92 Å². The van der Waals surface area contributed by atoms with E-state index in [1.54, 1.807) is 23.1 Å². The van der Waals surface area contributed by atoms with Gasteiger partial charge in [-0.3, -0.25) is 9.69 Å². The summed E-state index contributed by atoms with van der Waals surface area (Å²) in [6.07, 6.45) is 1.42. The number of rotatable bonds is 6. The summed E-state index contributed by atoms with van der Waals surface area (Å²) in [6.45, 7) is 5.64. The molecule has 0 saturated carbocycles. The minimum Gasteiger partial charge on any atom is -0.467 e. The zero-order valence-electron chi connectivity index (χ0n) is 16.5. The first kappa shape index (κ1) is 21.5. The van der Waals surface area contributed by atoms with Crippen LogP contribution in [0.2, 0.25) is 5.02 Å². The van der Waals surface area contributed by atoms with Gasteiger partial charge < -0.3 is 14.7 Å². The van der Waals surface area contributed by atoms with Gasteiger partial charge in [0.15, 0.2) is 6.61 Å². The van der Waals surface area contributed by atoms with E-state index in [4.69, 9.17) is 16.3 Å². The number of aliphatic hydroxyl groups is 1. The Bertz CT molecular complexity index is 850. The third-order valence-corrected chi connectivity index (χ3v) is 5.34. The maximum atomic E-state index is 13.1. The molecule has 1 aliphatic rings. The number of benzene rings is 1. The van der Waals surface area contributed by atoms with Gasteiger partial charge in [0.25, 0.3) is 5.91 Å². The van der Waals surface area contributed by atoms with Gasteiger partial charge in [0, 0.05) is 43.5 Å². The maximum absolute atomic E-state index is 13.1. The van der Waals surface area contributed by atoms with E-state index in [2.05, 4.69) is 16.8 Å². The SMILES string of the molecule is C[C@@H]1CN(Cc2ccc(F)cc2)[C@@H](C)CN1C(=O)COc1ncc(Cl)cc1CO. The van der Waals surface area contributed by atoms with Gasteiger partial charge in [-0.1, -0.05) is 23.7 Å². The Morgan fingerprint density at radius 2 is 2.00 bits per heavy atom. The Morgan fingerprint density at radius 1 is 1.28 bits per heavy atom. The van der Waals surface area contributed by atoms with E-state index in [9.17, 15) is 14.3 Å². The van der Waals surface area contributed by atoms with Gasteiger partial charge in [-0.25, -0.2) is 9.37 Å². The average molecular weight is 422 g/mol. The van der Waals surface area contributed by atoms with Crippen molar-refractivity contribution in [2.24, 2.45) is 0 Å². The predicted molar refractivity (Wildman–Crippen MR) is 108 cm³/mol. The minimum atomic E-state index is -0.271. The number of aliphatic hydroxyl groups excluding tert-OH is 1. The second-order valence-electron chi connectivity index (χ2n) is 7.36. The van der Waals surface area contributed by atoms with Crippen LogP contribution >= 0.6 is 11.6 Å². The molecule has 0 bridgehead atoms. The van der Waals surface area contributed by atoms with Gasteiger partial charge in [-0.05, 0) is 37.6 Å². The highest BCUT2D eigenvalue weighted by Gasteiger charge is 2.32. The number of carbonyl (C=O) groups excluding carboxylic acids is 1. The molecule has 29 heavy (non-hydrogen) atoms. The van der Waals surface area contributed by atoms with Crippen molar-refractivity contribution in [3.05, 3.63) is 58.5 Å². The lowest BCUT2D eigenvalue weighted by atomic mass is 10.1. The quantitative estimate of drug-likeness (QED) is 0.777. The van der Waals surface area contributed by atoms with Gasteiger partial charge in [0.2, 0.25) is 5.88 Å². The number of hydrogen-bond donors (Lipinski definition) is 1. The highest BCUT2D eigenvalue weighted by atomic mass is 35.5. The van der Waals surface area contributed by atoms with Crippen LogP contribution in [0.15, 0.2) is 36.5 Å². The first-order chi connectivity index (χ1) is 13.9. The minimum absolute atomic E-state index is 0.0123. The Labute approximate surface area is 174 Å². The summed E-state index contributed by atoms with van der Waals surface area (Å²) in [4.78, 5) is 20.9. The first-order valence-electron chi connectivity index (χ1n) is 9.53. The highest BCUT2D eigenvalue weighted by Crippen LogP contribution is 2.21. The molecule has 8 heteroatoms. The molecule has 0 unspecified atom stereocenters. The summed E-state index contributed by atoms with van der Waals surface area (Å²) in [5.41, 5.74) is 1.48. The van der Waals surface area contributed by atoms with Gasteiger partial charge in [-0.15, -0.1) is 0 Å². The topological polar surface area (TPSA) is 65.9 Å². The van der Waals surface area contributed by atoms with Crippen molar-refractivity contribution in [3.8, 4) is 5.88 Å². The summed E-state index contributed by atoms with van der Waals surface area (Å²) < 4.78 is 18.7. The summed E-state index contributed by atoms with van der Waals surface area (Å²) in [5, 5.41) is 9.79. The third kappa shape index (κ3) is 5.44. The van der Waals surface area contributed by atoms with E-state index in [-0.39, 0.29) is 42.9 Å². The van der Waals surface area contributed by atoms with Crippen LogP contribution in [-0.4, -0.2) is 57.6 Å². The van der Waals surface area contributed by atoms with E-state index in [0.717, 1.165) is 5.56 Å². The smallest absolute Gasteiger partial charge is 0.260 e. The first-order valence-corrected chi connectivity index (χ1v) is 9.91. The molecule has 156 valence electrons. The molecule has 1 N–H and O–H groups in total. The third-order valence-electron chi connectivity index (χ3n) is 5.13. The normalized spacial score (nSPS) is 20.0. The van der Waals surface area contributed by atoms with Crippen molar-refractivity contribution in [2.75, 3.05) is 19.7 Å². The molecule has 2 heterocycles. The zero-order valence-corrected chi connectivity index (χ0v) is 17.3. The number of hydrogen-bond acceptors (Lipinski definition) is 5. The molecule has 2 aromatic rings. The van der Waals surface area contributed by atoms with Gasteiger partial charge in [0.05, 0.1) is 11.6 Å². The van der Waals surface area contributed by atoms with Crippen molar-refractivity contribution < 1.29 is 19.0 Å². The summed E-state index contributed by atoms with van der Waals surface area (Å²) in [5.74, 6) is -0.169. The van der Waals surface area contributed by atoms with Crippen LogP contribution in [0.5, 0.6) is 5.88 Å². The van der Waals surface area contributed by atoms with Gasteiger partial charge in [0.1, 0.15) is 5.82 Å². The molecule has 3 rings (SSSR count). The molecule has 1 aromatic carbocycles. The molecule has 0 radical (unpaired) electrons. The molecule has 6 nitrogen and oxygen atoms in total. The summed E-state index contributed by atoms with van der Waals surface area (Å²) >= 11 is 5.87. The monoisotopic (exact) mass is 421 g/mol. The summed E-state index contributed by atoms with van der Waals surface area (Å²) in [6, 6.07) is 8.23. The molecule has 1 fully saturated rings. The Kier molecular flexibility index (Phi) is 7.05. The van der Waals surface area contributed by atoms with Crippen LogP contribution in [0.25, 0.3) is 0 Å². The maximum Gasteiger partial charge on any atom is 0.260 e. The van der Waals surface area contributed by atoms with Crippen molar-refractivity contribution in [1.29, 1.82) is 0 Å². The molecule has 1 amide bonds. The van der Waals surface area contributed by atoms with E-state index >= 15 is 0 Å². The van der Waals surface area contributed by atoms with Crippen molar-refractivity contribution >= 4 is 17.5 Å². The summed E-state index contributed by atoms with van der Waals surface area (Å²) in [7, 11) is 0. The Balaban J connectivity index is 1.58. The number of piperazine rings is 1. The largest absolute Gasteiger partial charge is 0.467 e. The van der Waals surface area contributed by atoms with Crippen molar-refractivity contribution in [3.63, 3.8) is 0 Å². The van der Waals surface area contributed by atoms with Crippen LogP contribution in [0.4, 0.5) is 4.39 Å². The highest BCUT2D eigenvalue weighted by molar-refractivity contribution is 6.30. The fraction of sp³-hybridized carbons (Fsp3) is 0.429. The van der Waals surface area contributed by atoms with Gasteiger partial charge in [-0.2, -0.15) is 0 Å². The number of amides is 1. The van der Waals surface area contributed by atoms with E-state index in [1.165, 1.54) is 18.3 Å². The lowest BCUT2D eigenvalue weighted by molar-refractivity contribution is -0.139. The fourth-order valence-electron chi connectivity index (χ4n) is 3.52. The Hall–Kier alpha value is -2.22. The number of ether oxygens (including phenoxy) is 1. The standard InChI is InChI=1S/C21H25ClFN3O3/c1-14-10-26(15(2)9-25(14)11-16-3-5-19(23)6-4-16)20(28)13-29-21-17(12-27)7-18(22)8-24-21/h3-8,14-15,27H,9-13H2,1-2H3/t14-,15+/m0/s1. The van der Waals surface area contributed by atoms with Gasteiger partial charge >= 0.3 is 0 Å². The van der Waals surface area contributed by atoms with Crippen LogP contribution in [0, 0.1) is 5.82 Å². The van der Waals surface area contributed by atoms with Crippen LogP contribution in [-0.2, 0) is 17.9 Å². The van der Waals surface area contributed by atoms with Crippen LogP contribution in [0.1, 0.15) is 25.0 Å². The van der Waals surface area contributed by atoms with Crippen molar-refractivity contribution in [1.82, 2.24) is 14.8 Å². The average Bonchev–Trinajstić information content (AvgIpc) is 2.70. The molecular weight excluding hydrogens is 397 g/mol. The lowest BCUT2D eigenvalue weighted by Crippen LogP contribution is -2.58. The number of nitrogens with zero attached hydrogens (tertiary/aromatic N) is 3. The molecular formula is C21H25ClFN3O3. The number of halogens is 2. The second-order valence-corrected chi connectivity index (χ2v) is 7.80. The van der Waals surface area contributed by atoms with Crippen LogP contribution < -0.4 is 4.74 Å². The lowest BCUT2D eigenvalue weighted by Gasteiger charge is -2.44. The molecule has 1 aliphatic heterocycles. The fourth-order valence-corrected chi connectivity index (χ4v) is 3.70. The van der Waals surface area contributed by atoms with Crippen LogP contribution in [0.3, 0.4) is 0 Å². The Morgan fingerprint density at radius 3 is 2.69 bits per heavy atom. The molecule has 0 aliphatic carbocycles. The molecule has 2 atom stereocenters. The van der Waals surface area contributed by atoms with Crippen molar-refractivity contribution in [2.45, 2.75) is 39.1 Å².